The van der Waals surface area contributed by atoms with Crippen molar-refractivity contribution in [3.63, 3.8) is 0 Å². The lowest BCUT2D eigenvalue weighted by molar-refractivity contribution is -0.125. The largest absolute Gasteiger partial charge is 0.489 e. The molecule has 2 aromatic carbocycles. The van der Waals surface area contributed by atoms with Crippen LogP contribution >= 0.6 is 0 Å². The van der Waals surface area contributed by atoms with Gasteiger partial charge in [-0.3, -0.25) is 4.79 Å². The van der Waals surface area contributed by atoms with E-state index in [-0.39, 0.29) is 18.6 Å². The van der Waals surface area contributed by atoms with E-state index in [2.05, 4.69) is 16.5 Å². The summed E-state index contributed by atoms with van der Waals surface area (Å²) in [6.45, 7) is 3.70. The van der Waals surface area contributed by atoms with Crippen LogP contribution in [-0.2, 0) is 22.6 Å². The number of hydrogen-bond acceptors (Lipinski definition) is 6. The van der Waals surface area contributed by atoms with Crippen LogP contribution in [0.15, 0.2) is 53.1 Å². The second kappa shape index (κ2) is 9.68. The van der Waals surface area contributed by atoms with Crippen molar-refractivity contribution in [2.75, 3.05) is 6.61 Å². The molecule has 4 rings (SSSR count). The van der Waals surface area contributed by atoms with Crippen molar-refractivity contribution in [2.24, 2.45) is 0 Å². The summed E-state index contributed by atoms with van der Waals surface area (Å²) in [4.78, 5) is 24.7. The molecule has 1 atom stereocenters. The molecule has 7 heteroatoms. The molecule has 0 radical (unpaired) electrons. The SMILES string of the molecule is Cc1noc(C)c1COc1ccc(C(=O)OCC(=O)N[C@@H]2CCCc3ccccc32)cc1. The molecule has 1 amide bonds. The van der Waals surface area contributed by atoms with Crippen molar-refractivity contribution in [1.82, 2.24) is 10.5 Å². The Hall–Kier alpha value is -3.61. The summed E-state index contributed by atoms with van der Waals surface area (Å²) in [6, 6.07) is 14.7. The molecule has 0 fully saturated rings. The minimum atomic E-state index is -0.554. The van der Waals surface area contributed by atoms with Crippen molar-refractivity contribution < 1.29 is 23.6 Å². The van der Waals surface area contributed by atoms with Gasteiger partial charge in [0.1, 0.15) is 18.1 Å². The smallest absolute Gasteiger partial charge is 0.338 e. The number of carbonyl (C=O) groups excluding carboxylic acids is 2. The van der Waals surface area contributed by atoms with Crippen LogP contribution in [0, 0.1) is 13.8 Å². The number of benzene rings is 2. The fraction of sp³-hybridized carbons (Fsp3) is 0.320. The predicted octanol–water partition coefficient (Wildman–Crippen LogP) is 4.22. The highest BCUT2D eigenvalue weighted by Gasteiger charge is 2.22. The van der Waals surface area contributed by atoms with Crippen LogP contribution in [-0.4, -0.2) is 23.6 Å². The Balaban J connectivity index is 1.26. The number of fused-ring (bicyclic) bond motifs is 1. The van der Waals surface area contributed by atoms with E-state index in [1.54, 1.807) is 24.3 Å². The van der Waals surface area contributed by atoms with Crippen molar-refractivity contribution in [3.8, 4) is 5.75 Å². The Kier molecular flexibility index (Phi) is 6.54. The van der Waals surface area contributed by atoms with Gasteiger partial charge in [-0.05, 0) is 68.5 Å². The summed E-state index contributed by atoms with van der Waals surface area (Å²) < 4.78 is 16.1. The zero-order valence-electron chi connectivity index (χ0n) is 18.2. The molecule has 32 heavy (non-hydrogen) atoms. The quantitative estimate of drug-likeness (QED) is 0.560. The van der Waals surface area contributed by atoms with Gasteiger partial charge in [0, 0.05) is 0 Å². The Bertz CT molecular complexity index is 1080. The number of hydrogen-bond donors (Lipinski definition) is 1. The third-order valence-electron chi connectivity index (χ3n) is 5.69. The number of ether oxygens (including phenoxy) is 2. The zero-order valence-corrected chi connectivity index (χ0v) is 18.2. The summed E-state index contributed by atoms with van der Waals surface area (Å²) in [5.41, 5.74) is 4.45. The standard InChI is InChI=1S/C25H26N2O5/c1-16-22(17(2)32-27-16)14-30-20-12-10-19(11-13-20)25(29)31-15-24(28)26-23-9-5-7-18-6-3-4-8-21(18)23/h3-4,6,8,10-13,23H,5,7,9,14-15H2,1-2H3,(H,26,28)/t23-/m1/s1. The molecule has 0 saturated carbocycles. The van der Waals surface area contributed by atoms with Crippen LogP contribution in [0.1, 0.15) is 57.4 Å². The number of nitrogens with one attached hydrogen (secondary N) is 1. The van der Waals surface area contributed by atoms with E-state index in [0.717, 1.165) is 41.8 Å². The first-order valence-electron chi connectivity index (χ1n) is 10.7. The van der Waals surface area contributed by atoms with E-state index in [0.29, 0.717) is 17.9 Å². The first-order chi connectivity index (χ1) is 15.5. The molecule has 0 unspecified atom stereocenters. The molecule has 7 nitrogen and oxygen atoms in total. The van der Waals surface area contributed by atoms with E-state index in [4.69, 9.17) is 14.0 Å². The molecule has 166 valence electrons. The average molecular weight is 434 g/mol. The lowest BCUT2D eigenvalue weighted by Crippen LogP contribution is -2.34. The van der Waals surface area contributed by atoms with Crippen LogP contribution in [0.25, 0.3) is 0 Å². The second-order valence-electron chi connectivity index (χ2n) is 7.90. The number of rotatable bonds is 7. The maximum atomic E-state index is 12.3. The summed E-state index contributed by atoms with van der Waals surface area (Å²) in [7, 11) is 0. The normalized spacial score (nSPS) is 15.0. The molecule has 1 N–H and O–H groups in total. The molecule has 0 aliphatic heterocycles. The third kappa shape index (κ3) is 4.99. The van der Waals surface area contributed by atoms with Gasteiger partial charge in [0.25, 0.3) is 5.91 Å². The zero-order chi connectivity index (χ0) is 22.5. The monoisotopic (exact) mass is 434 g/mol. The van der Waals surface area contributed by atoms with Crippen molar-refractivity contribution in [2.45, 2.75) is 45.8 Å². The van der Waals surface area contributed by atoms with Crippen molar-refractivity contribution in [1.29, 1.82) is 0 Å². The molecule has 0 bridgehead atoms. The van der Waals surface area contributed by atoms with Gasteiger partial charge in [-0.1, -0.05) is 29.4 Å². The Morgan fingerprint density at radius 2 is 1.91 bits per heavy atom. The number of aryl methyl sites for hydroxylation is 3. The number of aromatic nitrogens is 1. The number of esters is 1. The Morgan fingerprint density at radius 1 is 1.12 bits per heavy atom. The minimum absolute atomic E-state index is 0.0414. The van der Waals surface area contributed by atoms with E-state index >= 15 is 0 Å². The number of amides is 1. The van der Waals surface area contributed by atoms with Gasteiger partial charge in [0.15, 0.2) is 6.61 Å². The van der Waals surface area contributed by atoms with Crippen molar-refractivity contribution >= 4 is 11.9 Å². The summed E-state index contributed by atoms with van der Waals surface area (Å²) in [6.07, 6.45) is 2.92. The van der Waals surface area contributed by atoms with Crippen LogP contribution < -0.4 is 10.1 Å². The third-order valence-corrected chi connectivity index (χ3v) is 5.69. The van der Waals surface area contributed by atoms with Crippen LogP contribution in [0.3, 0.4) is 0 Å². The topological polar surface area (TPSA) is 90.7 Å². The predicted molar refractivity (Wildman–Crippen MR) is 117 cm³/mol. The Morgan fingerprint density at radius 3 is 2.66 bits per heavy atom. The molecule has 1 heterocycles. The molecule has 3 aromatic rings. The van der Waals surface area contributed by atoms with Crippen LogP contribution in [0.2, 0.25) is 0 Å². The molecule has 1 aliphatic rings. The lowest BCUT2D eigenvalue weighted by Gasteiger charge is -2.26. The van der Waals surface area contributed by atoms with Gasteiger partial charge in [0.05, 0.1) is 22.9 Å². The van der Waals surface area contributed by atoms with Gasteiger partial charge >= 0.3 is 5.97 Å². The van der Waals surface area contributed by atoms with Gasteiger partial charge in [-0.15, -0.1) is 0 Å². The van der Waals surface area contributed by atoms with Crippen LogP contribution in [0.4, 0.5) is 0 Å². The molecular weight excluding hydrogens is 408 g/mol. The molecule has 0 saturated heterocycles. The molecule has 0 spiro atoms. The van der Waals surface area contributed by atoms with Gasteiger partial charge in [-0.2, -0.15) is 0 Å². The summed E-state index contributed by atoms with van der Waals surface area (Å²) in [5, 5.41) is 6.88. The molecule has 1 aliphatic carbocycles. The first-order valence-corrected chi connectivity index (χ1v) is 10.7. The molecule has 1 aromatic heterocycles. The van der Waals surface area contributed by atoms with Crippen molar-refractivity contribution in [3.05, 3.63) is 82.2 Å². The van der Waals surface area contributed by atoms with Crippen LogP contribution in [0.5, 0.6) is 5.75 Å². The average Bonchev–Trinajstić information content (AvgIpc) is 3.13. The minimum Gasteiger partial charge on any atom is -0.489 e. The maximum absolute atomic E-state index is 12.3. The maximum Gasteiger partial charge on any atom is 0.338 e. The van der Waals surface area contributed by atoms with Gasteiger partial charge in [0.2, 0.25) is 0 Å². The van der Waals surface area contributed by atoms with Gasteiger partial charge in [-0.25, -0.2) is 4.79 Å². The fourth-order valence-electron chi connectivity index (χ4n) is 3.90. The number of carbonyl (C=O) groups is 2. The van der Waals surface area contributed by atoms with E-state index in [1.807, 2.05) is 32.0 Å². The lowest BCUT2D eigenvalue weighted by atomic mass is 9.88. The van der Waals surface area contributed by atoms with Gasteiger partial charge < -0.3 is 19.3 Å². The molecular formula is C25H26N2O5. The van der Waals surface area contributed by atoms with E-state index in [9.17, 15) is 9.59 Å². The number of nitrogens with zero attached hydrogens (tertiary/aromatic N) is 1. The van der Waals surface area contributed by atoms with E-state index < -0.39 is 5.97 Å². The fourth-order valence-corrected chi connectivity index (χ4v) is 3.90. The summed E-state index contributed by atoms with van der Waals surface area (Å²) >= 11 is 0. The highest BCUT2D eigenvalue weighted by Crippen LogP contribution is 2.29. The van der Waals surface area contributed by atoms with E-state index in [1.165, 1.54) is 5.56 Å². The Labute approximate surface area is 186 Å². The highest BCUT2D eigenvalue weighted by molar-refractivity contribution is 5.91. The summed E-state index contributed by atoms with van der Waals surface area (Å²) in [5.74, 6) is 0.467. The first kappa shape index (κ1) is 21.6. The highest BCUT2D eigenvalue weighted by atomic mass is 16.5. The second-order valence-corrected chi connectivity index (χ2v) is 7.90.